The summed E-state index contributed by atoms with van der Waals surface area (Å²) in [6.07, 6.45) is 5.76. The number of carbonyl (C=O) groups is 2. The number of amides is 2. The average Bonchev–Trinajstić information content (AvgIpc) is 2.72. The van der Waals surface area contributed by atoms with Crippen molar-refractivity contribution >= 4 is 55.8 Å². The number of hydrogen-bond acceptors (Lipinski definition) is 4. The van der Waals surface area contributed by atoms with Crippen molar-refractivity contribution < 1.29 is 14.3 Å². The van der Waals surface area contributed by atoms with Crippen LogP contribution in [0.25, 0.3) is 10.8 Å². The second-order valence-electron chi connectivity index (χ2n) is 6.60. The highest BCUT2D eigenvalue weighted by molar-refractivity contribution is 9.10. The molecule has 3 N–H and O–H groups in total. The summed E-state index contributed by atoms with van der Waals surface area (Å²) >= 11 is 8.53. The first kappa shape index (κ1) is 23.1. The van der Waals surface area contributed by atoms with Gasteiger partial charge in [-0.1, -0.05) is 62.9 Å². The minimum absolute atomic E-state index is 0.0591. The van der Waals surface area contributed by atoms with Gasteiger partial charge in [0.15, 0.2) is 11.7 Å². The van der Waals surface area contributed by atoms with E-state index in [1.54, 1.807) is 6.07 Å². The highest BCUT2D eigenvalue weighted by Crippen LogP contribution is 2.32. The summed E-state index contributed by atoms with van der Waals surface area (Å²) in [6, 6.07) is 11.6. The van der Waals surface area contributed by atoms with E-state index in [1.165, 1.54) is 12.8 Å². The van der Waals surface area contributed by atoms with Crippen molar-refractivity contribution in [2.24, 2.45) is 0 Å². The Morgan fingerprint density at radius 2 is 1.76 bits per heavy atom. The molecule has 2 aromatic carbocycles. The van der Waals surface area contributed by atoms with E-state index in [1.807, 2.05) is 30.3 Å². The summed E-state index contributed by atoms with van der Waals surface area (Å²) in [5, 5.41) is 4.68. The molecule has 0 fully saturated rings. The second-order valence-corrected chi connectivity index (χ2v) is 7.80. The molecule has 0 aliphatic heterocycles. The standard InChI is InChI=1S/C21H26BrN3O3S/c1-2-3-4-5-6-11-18(26)23-21(29)25-24-19(27)14-28-17-13-12-15-9-7-8-10-16(15)20(17)22/h7-10,12-13H,2-6,11,14H2,1H3,(H,24,27)(H2,23,25,26,29). The van der Waals surface area contributed by atoms with Crippen LogP contribution in [0, 0.1) is 0 Å². The summed E-state index contributed by atoms with van der Waals surface area (Å²) in [6.45, 7) is 1.95. The van der Waals surface area contributed by atoms with Gasteiger partial charge in [0.2, 0.25) is 5.91 Å². The summed E-state index contributed by atoms with van der Waals surface area (Å²) in [5.74, 6) is -0.0105. The summed E-state index contributed by atoms with van der Waals surface area (Å²) < 4.78 is 6.37. The Bertz CT molecular complexity index is 860. The maximum absolute atomic E-state index is 12.0. The van der Waals surface area contributed by atoms with Gasteiger partial charge < -0.3 is 10.1 Å². The van der Waals surface area contributed by atoms with Crippen LogP contribution in [0.1, 0.15) is 45.4 Å². The normalized spacial score (nSPS) is 10.4. The molecule has 2 amide bonds. The van der Waals surface area contributed by atoms with Gasteiger partial charge in [-0.2, -0.15) is 0 Å². The predicted octanol–water partition coefficient (Wildman–Crippen LogP) is 4.36. The van der Waals surface area contributed by atoms with Crippen LogP contribution in [0.15, 0.2) is 40.9 Å². The van der Waals surface area contributed by atoms with E-state index in [0.717, 1.165) is 34.5 Å². The van der Waals surface area contributed by atoms with Gasteiger partial charge in [0.05, 0.1) is 4.47 Å². The lowest BCUT2D eigenvalue weighted by molar-refractivity contribution is -0.124. The van der Waals surface area contributed by atoms with Crippen LogP contribution in [0.4, 0.5) is 0 Å². The second kappa shape index (κ2) is 12.4. The summed E-state index contributed by atoms with van der Waals surface area (Å²) in [7, 11) is 0. The molecule has 0 spiro atoms. The zero-order chi connectivity index (χ0) is 21.1. The van der Waals surface area contributed by atoms with Crippen LogP contribution in [0.3, 0.4) is 0 Å². The molecular formula is C21H26BrN3O3S. The monoisotopic (exact) mass is 479 g/mol. The van der Waals surface area contributed by atoms with E-state index < -0.39 is 5.91 Å². The van der Waals surface area contributed by atoms with E-state index in [-0.39, 0.29) is 17.6 Å². The van der Waals surface area contributed by atoms with Gasteiger partial charge in [0, 0.05) is 6.42 Å². The highest BCUT2D eigenvalue weighted by atomic mass is 79.9. The highest BCUT2D eigenvalue weighted by Gasteiger charge is 2.10. The molecule has 8 heteroatoms. The van der Waals surface area contributed by atoms with Crippen molar-refractivity contribution in [3.05, 3.63) is 40.9 Å². The number of benzene rings is 2. The fourth-order valence-corrected chi connectivity index (χ4v) is 3.51. The van der Waals surface area contributed by atoms with Crippen LogP contribution in [0.2, 0.25) is 0 Å². The number of fused-ring (bicyclic) bond motifs is 1. The number of unbranched alkanes of at least 4 members (excludes halogenated alkanes) is 4. The third-order valence-electron chi connectivity index (χ3n) is 4.26. The molecule has 0 aromatic heterocycles. The number of thiocarbonyl (C=S) groups is 1. The number of ether oxygens (including phenoxy) is 1. The average molecular weight is 480 g/mol. The van der Waals surface area contributed by atoms with E-state index in [9.17, 15) is 9.59 Å². The van der Waals surface area contributed by atoms with Crippen molar-refractivity contribution in [1.29, 1.82) is 0 Å². The van der Waals surface area contributed by atoms with Crippen molar-refractivity contribution in [3.8, 4) is 5.75 Å². The van der Waals surface area contributed by atoms with Gasteiger partial charge in [-0.15, -0.1) is 0 Å². The lowest BCUT2D eigenvalue weighted by Gasteiger charge is -2.12. The minimum Gasteiger partial charge on any atom is -0.483 e. The van der Waals surface area contributed by atoms with E-state index >= 15 is 0 Å². The largest absolute Gasteiger partial charge is 0.483 e. The first-order valence-corrected chi connectivity index (χ1v) is 10.9. The maximum Gasteiger partial charge on any atom is 0.276 e. The molecule has 0 aliphatic carbocycles. The lowest BCUT2D eigenvalue weighted by Crippen LogP contribution is -2.49. The molecule has 2 rings (SSSR count). The first-order chi connectivity index (χ1) is 14.0. The molecule has 0 unspecified atom stereocenters. The fraction of sp³-hybridized carbons (Fsp3) is 0.381. The topological polar surface area (TPSA) is 79.5 Å². The van der Waals surface area contributed by atoms with Crippen LogP contribution in [-0.4, -0.2) is 23.5 Å². The van der Waals surface area contributed by atoms with Gasteiger partial charge in [-0.3, -0.25) is 20.4 Å². The van der Waals surface area contributed by atoms with Crippen LogP contribution < -0.4 is 20.9 Å². The van der Waals surface area contributed by atoms with Crippen molar-refractivity contribution in [1.82, 2.24) is 16.2 Å². The Balaban J connectivity index is 1.68. The molecule has 29 heavy (non-hydrogen) atoms. The molecular weight excluding hydrogens is 454 g/mol. The van der Waals surface area contributed by atoms with Gasteiger partial charge >= 0.3 is 0 Å². The Morgan fingerprint density at radius 3 is 2.55 bits per heavy atom. The van der Waals surface area contributed by atoms with Crippen molar-refractivity contribution in [2.45, 2.75) is 45.4 Å². The molecule has 0 radical (unpaired) electrons. The van der Waals surface area contributed by atoms with E-state index in [4.69, 9.17) is 17.0 Å². The molecule has 0 saturated carbocycles. The van der Waals surface area contributed by atoms with E-state index in [2.05, 4.69) is 39.0 Å². The molecule has 0 bridgehead atoms. The van der Waals surface area contributed by atoms with Crippen LogP contribution in [0.5, 0.6) is 5.75 Å². The Kier molecular flexibility index (Phi) is 9.87. The molecule has 0 aliphatic rings. The fourth-order valence-electron chi connectivity index (χ4n) is 2.74. The Labute approximate surface area is 184 Å². The molecule has 2 aromatic rings. The lowest BCUT2D eigenvalue weighted by atomic mass is 10.1. The molecule has 0 heterocycles. The SMILES string of the molecule is CCCCCCCC(=O)NC(=S)NNC(=O)COc1ccc2ccccc2c1Br. The number of nitrogens with one attached hydrogen (secondary N) is 3. The number of halogens is 1. The van der Waals surface area contributed by atoms with Gasteiger partial charge in [0.1, 0.15) is 5.75 Å². The quantitative estimate of drug-likeness (QED) is 0.282. The van der Waals surface area contributed by atoms with Gasteiger partial charge in [-0.05, 0) is 51.4 Å². The molecule has 0 atom stereocenters. The zero-order valence-corrected chi connectivity index (χ0v) is 18.8. The summed E-state index contributed by atoms with van der Waals surface area (Å²) in [4.78, 5) is 23.8. The van der Waals surface area contributed by atoms with Crippen molar-refractivity contribution in [2.75, 3.05) is 6.61 Å². The molecule has 6 nitrogen and oxygen atoms in total. The molecule has 0 saturated heterocycles. The molecule has 156 valence electrons. The third kappa shape index (κ3) is 7.98. The summed E-state index contributed by atoms with van der Waals surface area (Å²) in [5.41, 5.74) is 4.93. The number of carbonyl (C=O) groups excluding carboxylic acids is 2. The number of hydrogen-bond donors (Lipinski definition) is 3. The number of hydrazine groups is 1. The maximum atomic E-state index is 12.0. The van der Waals surface area contributed by atoms with Crippen molar-refractivity contribution in [3.63, 3.8) is 0 Å². The predicted molar refractivity (Wildman–Crippen MR) is 123 cm³/mol. The van der Waals surface area contributed by atoms with Crippen LogP contribution in [-0.2, 0) is 9.59 Å². The van der Waals surface area contributed by atoms with Gasteiger partial charge in [0.25, 0.3) is 5.91 Å². The third-order valence-corrected chi connectivity index (χ3v) is 5.28. The zero-order valence-electron chi connectivity index (χ0n) is 16.4. The van der Waals surface area contributed by atoms with E-state index in [0.29, 0.717) is 12.2 Å². The Morgan fingerprint density at radius 1 is 1.00 bits per heavy atom. The minimum atomic E-state index is -0.416. The van der Waals surface area contributed by atoms with Gasteiger partial charge in [-0.25, -0.2) is 0 Å². The first-order valence-electron chi connectivity index (χ1n) is 9.70. The smallest absolute Gasteiger partial charge is 0.276 e. The van der Waals surface area contributed by atoms with Crippen LogP contribution >= 0.6 is 28.1 Å². The number of rotatable bonds is 9. The Hall–Kier alpha value is -2.19.